The van der Waals surface area contributed by atoms with Crippen molar-refractivity contribution in [2.45, 2.75) is 9.96 Å². The molecule has 1 aromatic rings. The number of hydrogen-bond acceptors (Lipinski definition) is 2. The number of para-hydroxylation sites is 1. The first-order valence-corrected chi connectivity index (χ1v) is 8.18. The predicted molar refractivity (Wildman–Crippen MR) is 101 cm³/mol. The number of thiocarbonyl (C=S) groups is 1. The summed E-state index contributed by atoms with van der Waals surface area (Å²) in [6.07, 6.45) is 0.0659. The lowest BCUT2D eigenvalue weighted by Crippen LogP contribution is -2.55. The van der Waals surface area contributed by atoms with E-state index in [4.69, 9.17) is 47.0 Å². The number of benzene rings is 1. The van der Waals surface area contributed by atoms with Gasteiger partial charge in [0.15, 0.2) is 5.11 Å². The van der Waals surface area contributed by atoms with E-state index < -0.39 is 15.9 Å². The Morgan fingerprint density at radius 2 is 1.95 bits per heavy atom. The molecule has 0 heterocycles. The Bertz CT molecular complexity index is 551. The maximum atomic E-state index is 11.4. The average molecular weight is 479 g/mol. The van der Waals surface area contributed by atoms with Crippen molar-refractivity contribution < 1.29 is 4.79 Å². The van der Waals surface area contributed by atoms with Crippen molar-refractivity contribution in [3.63, 3.8) is 0 Å². The zero-order valence-electron chi connectivity index (χ0n) is 10.5. The fraction of sp³-hybridized carbons (Fsp3) is 0.167. The Balaban J connectivity index is 2.75. The monoisotopic (exact) mass is 477 g/mol. The lowest BCUT2D eigenvalue weighted by atomic mass is 10.3. The van der Waals surface area contributed by atoms with Gasteiger partial charge >= 0.3 is 0 Å². The lowest BCUT2D eigenvalue weighted by Gasteiger charge is -2.27. The van der Waals surface area contributed by atoms with Crippen LogP contribution in [-0.4, -0.2) is 21.0 Å². The van der Waals surface area contributed by atoms with Gasteiger partial charge in [-0.05, 0) is 53.0 Å². The molecule has 0 bridgehead atoms. The summed E-state index contributed by atoms with van der Waals surface area (Å²) in [5, 5.41) is 8.36. The van der Waals surface area contributed by atoms with E-state index in [-0.39, 0.29) is 5.11 Å². The predicted octanol–water partition coefficient (Wildman–Crippen LogP) is 3.58. The largest absolute Gasteiger partial charge is 0.339 e. The molecular formula is C12H11Cl3IN3OS. The fourth-order valence-corrected chi connectivity index (χ4v) is 2.33. The zero-order chi connectivity index (χ0) is 16.0. The molecule has 4 nitrogen and oxygen atoms in total. The lowest BCUT2D eigenvalue weighted by molar-refractivity contribution is -0.117. The average Bonchev–Trinajstić information content (AvgIpc) is 2.39. The van der Waals surface area contributed by atoms with Gasteiger partial charge in [0.25, 0.3) is 0 Å². The van der Waals surface area contributed by atoms with Gasteiger partial charge in [-0.2, -0.15) is 0 Å². The molecule has 0 saturated carbocycles. The minimum absolute atomic E-state index is 0.208. The molecular weight excluding hydrogens is 467 g/mol. The molecule has 0 radical (unpaired) electrons. The van der Waals surface area contributed by atoms with Gasteiger partial charge in [-0.3, -0.25) is 4.79 Å². The molecule has 1 rings (SSSR count). The van der Waals surface area contributed by atoms with Crippen LogP contribution in [0.3, 0.4) is 0 Å². The van der Waals surface area contributed by atoms with Crippen LogP contribution >= 0.6 is 69.6 Å². The van der Waals surface area contributed by atoms with Crippen LogP contribution in [0.2, 0.25) is 0 Å². The standard InChI is InChI=1S/C12H11Cl3IN3OS/c1-2-9(20)18-10(12(13,14)15)19-11(21)17-8-6-4-3-5-7(8)16/h2-6,10H,1H2,(H,18,20)(H2,17,19,21)/t10-/m1/s1. The van der Waals surface area contributed by atoms with Gasteiger partial charge in [-0.15, -0.1) is 0 Å². The summed E-state index contributed by atoms with van der Waals surface area (Å²) in [6.45, 7) is 3.34. The van der Waals surface area contributed by atoms with Gasteiger partial charge in [-0.25, -0.2) is 0 Å². The molecule has 21 heavy (non-hydrogen) atoms. The highest BCUT2D eigenvalue weighted by Crippen LogP contribution is 2.29. The van der Waals surface area contributed by atoms with E-state index >= 15 is 0 Å². The van der Waals surface area contributed by atoms with Gasteiger partial charge < -0.3 is 16.0 Å². The minimum Gasteiger partial charge on any atom is -0.339 e. The minimum atomic E-state index is -1.78. The summed E-state index contributed by atoms with van der Waals surface area (Å²) in [4.78, 5) is 11.4. The summed E-state index contributed by atoms with van der Waals surface area (Å²) in [6, 6.07) is 7.52. The molecule has 0 aliphatic rings. The van der Waals surface area contributed by atoms with Gasteiger partial charge in [0.1, 0.15) is 6.17 Å². The number of nitrogens with one attached hydrogen (secondary N) is 3. The van der Waals surface area contributed by atoms with Crippen LogP contribution in [0.1, 0.15) is 0 Å². The second-order valence-electron chi connectivity index (χ2n) is 3.77. The molecule has 0 aliphatic heterocycles. The molecule has 0 aliphatic carbocycles. The maximum Gasteiger partial charge on any atom is 0.245 e. The Labute approximate surface area is 156 Å². The van der Waals surface area contributed by atoms with Gasteiger partial charge in [-0.1, -0.05) is 53.5 Å². The SMILES string of the molecule is C=CC(=O)N[C@H](NC(=S)Nc1ccccc1I)C(Cl)(Cl)Cl. The Morgan fingerprint density at radius 3 is 2.48 bits per heavy atom. The maximum absolute atomic E-state index is 11.4. The normalized spacial score (nSPS) is 12.2. The van der Waals surface area contributed by atoms with E-state index in [1.165, 1.54) is 0 Å². The number of halogens is 4. The summed E-state index contributed by atoms with van der Waals surface area (Å²) >= 11 is 24.7. The summed E-state index contributed by atoms with van der Waals surface area (Å²) in [5.41, 5.74) is 0.800. The highest BCUT2D eigenvalue weighted by atomic mass is 127. The first kappa shape index (κ1) is 18.8. The van der Waals surface area contributed by atoms with Crippen molar-refractivity contribution >= 4 is 86.3 Å². The van der Waals surface area contributed by atoms with Crippen LogP contribution in [0, 0.1) is 3.57 Å². The third-order valence-electron chi connectivity index (χ3n) is 2.20. The molecule has 1 amide bonds. The van der Waals surface area contributed by atoms with Gasteiger partial charge in [0, 0.05) is 3.57 Å². The third-order valence-corrected chi connectivity index (χ3v) is 4.01. The number of carbonyl (C=O) groups is 1. The van der Waals surface area contributed by atoms with Gasteiger partial charge in [0.2, 0.25) is 9.70 Å². The molecule has 0 aromatic heterocycles. The van der Waals surface area contributed by atoms with E-state index in [1.807, 2.05) is 24.3 Å². The van der Waals surface area contributed by atoms with E-state index in [9.17, 15) is 4.79 Å². The number of hydrogen-bond donors (Lipinski definition) is 3. The van der Waals surface area contributed by atoms with Crippen LogP contribution in [0.15, 0.2) is 36.9 Å². The van der Waals surface area contributed by atoms with Crippen molar-refractivity contribution in [2.24, 2.45) is 0 Å². The van der Waals surface area contributed by atoms with Crippen LogP contribution in [0.4, 0.5) is 5.69 Å². The molecule has 1 atom stereocenters. The number of anilines is 1. The third kappa shape index (κ3) is 6.56. The van der Waals surface area contributed by atoms with Crippen molar-refractivity contribution in [2.75, 3.05) is 5.32 Å². The quantitative estimate of drug-likeness (QED) is 0.204. The number of carbonyl (C=O) groups excluding carboxylic acids is 1. The first-order valence-electron chi connectivity index (χ1n) is 5.55. The van der Waals surface area contributed by atoms with Crippen LogP contribution in [-0.2, 0) is 4.79 Å². The van der Waals surface area contributed by atoms with E-state index in [0.717, 1.165) is 15.3 Å². The van der Waals surface area contributed by atoms with E-state index in [0.29, 0.717) is 0 Å². The van der Waals surface area contributed by atoms with Crippen LogP contribution < -0.4 is 16.0 Å². The molecule has 0 saturated heterocycles. The number of amides is 1. The molecule has 9 heteroatoms. The number of alkyl halides is 3. The van der Waals surface area contributed by atoms with Crippen LogP contribution in [0.25, 0.3) is 0 Å². The van der Waals surface area contributed by atoms with E-state index in [1.54, 1.807) is 0 Å². The summed E-state index contributed by atoms with van der Waals surface area (Å²) in [5.74, 6) is -0.490. The van der Waals surface area contributed by atoms with Crippen molar-refractivity contribution in [3.05, 3.63) is 40.5 Å². The first-order chi connectivity index (χ1) is 9.74. The topological polar surface area (TPSA) is 53.2 Å². The molecule has 0 fully saturated rings. The fourth-order valence-electron chi connectivity index (χ4n) is 1.25. The van der Waals surface area contributed by atoms with E-state index in [2.05, 4.69) is 45.1 Å². The second kappa shape index (κ2) is 8.38. The Kier molecular flexibility index (Phi) is 7.49. The van der Waals surface area contributed by atoms with Crippen molar-refractivity contribution in [3.8, 4) is 0 Å². The molecule has 0 spiro atoms. The zero-order valence-corrected chi connectivity index (χ0v) is 15.7. The number of rotatable bonds is 4. The van der Waals surface area contributed by atoms with Crippen molar-refractivity contribution in [1.29, 1.82) is 0 Å². The molecule has 114 valence electrons. The van der Waals surface area contributed by atoms with Gasteiger partial charge in [0.05, 0.1) is 5.69 Å². The second-order valence-corrected chi connectivity index (χ2v) is 7.71. The van der Waals surface area contributed by atoms with Crippen LogP contribution in [0.5, 0.6) is 0 Å². The Hall–Kier alpha value is -0.280. The highest BCUT2D eigenvalue weighted by molar-refractivity contribution is 14.1. The smallest absolute Gasteiger partial charge is 0.245 e. The highest BCUT2D eigenvalue weighted by Gasteiger charge is 2.34. The Morgan fingerprint density at radius 1 is 1.33 bits per heavy atom. The molecule has 1 aromatic carbocycles. The summed E-state index contributed by atoms with van der Waals surface area (Å²) < 4.78 is -0.811. The molecule has 3 N–H and O–H groups in total. The molecule has 0 unspecified atom stereocenters. The summed E-state index contributed by atoms with van der Waals surface area (Å²) in [7, 11) is 0. The van der Waals surface area contributed by atoms with Crippen molar-refractivity contribution in [1.82, 2.24) is 10.6 Å².